The van der Waals surface area contributed by atoms with Gasteiger partial charge in [0.15, 0.2) is 0 Å². The number of piperazine rings is 1. The van der Waals surface area contributed by atoms with Crippen LogP contribution in [0, 0.1) is 11.7 Å². The minimum absolute atomic E-state index is 0.0545. The first-order chi connectivity index (χ1) is 11.5. The molecule has 2 heterocycles. The summed E-state index contributed by atoms with van der Waals surface area (Å²) in [5, 5.41) is 3.25. The van der Waals surface area contributed by atoms with Gasteiger partial charge in [0.2, 0.25) is 10.0 Å². The molecule has 8 heteroatoms. The van der Waals surface area contributed by atoms with Gasteiger partial charge in [-0.1, -0.05) is 11.6 Å². The molecule has 0 radical (unpaired) electrons. The van der Waals surface area contributed by atoms with E-state index in [4.69, 9.17) is 11.6 Å². The van der Waals surface area contributed by atoms with E-state index in [2.05, 4.69) is 10.2 Å². The molecule has 2 saturated heterocycles. The van der Waals surface area contributed by atoms with Crippen LogP contribution < -0.4 is 5.32 Å². The molecule has 0 aliphatic carbocycles. The van der Waals surface area contributed by atoms with Crippen molar-refractivity contribution in [3.05, 3.63) is 29.0 Å². The third-order valence-corrected chi connectivity index (χ3v) is 6.96. The molecule has 24 heavy (non-hydrogen) atoms. The van der Waals surface area contributed by atoms with Crippen molar-refractivity contribution in [3.8, 4) is 0 Å². The first-order valence-corrected chi connectivity index (χ1v) is 10.2. The highest BCUT2D eigenvalue weighted by Gasteiger charge is 2.29. The summed E-state index contributed by atoms with van der Waals surface area (Å²) in [5.41, 5.74) is 0. The molecule has 0 saturated carbocycles. The Labute approximate surface area is 147 Å². The van der Waals surface area contributed by atoms with Crippen molar-refractivity contribution >= 4 is 21.6 Å². The number of benzene rings is 1. The highest BCUT2D eigenvalue weighted by atomic mass is 35.5. The Balaban J connectivity index is 1.59. The van der Waals surface area contributed by atoms with E-state index in [-0.39, 0.29) is 9.92 Å². The fourth-order valence-electron chi connectivity index (χ4n) is 3.38. The average molecular weight is 376 g/mol. The molecule has 1 aromatic carbocycles. The maximum absolute atomic E-state index is 13.3. The van der Waals surface area contributed by atoms with E-state index in [0.717, 1.165) is 38.8 Å². The predicted molar refractivity (Wildman–Crippen MR) is 92.2 cm³/mol. The van der Waals surface area contributed by atoms with Gasteiger partial charge in [0.05, 0.1) is 9.92 Å². The van der Waals surface area contributed by atoms with Gasteiger partial charge in [-0.2, -0.15) is 4.31 Å². The number of nitrogens with one attached hydrogen (secondary N) is 1. The van der Waals surface area contributed by atoms with Crippen LogP contribution in [0.1, 0.15) is 12.8 Å². The fraction of sp³-hybridized carbons (Fsp3) is 0.625. The number of halogens is 2. The van der Waals surface area contributed by atoms with Crippen LogP contribution in [0.25, 0.3) is 0 Å². The minimum atomic E-state index is -3.61. The van der Waals surface area contributed by atoms with Crippen molar-refractivity contribution in [1.82, 2.24) is 14.5 Å². The van der Waals surface area contributed by atoms with E-state index in [1.165, 1.54) is 29.3 Å². The van der Waals surface area contributed by atoms with Crippen LogP contribution >= 0.6 is 11.6 Å². The van der Waals surface area contributed by atoms with Gasteiger partial charge >= 0.3 is 0 Å². The van der Waals surface area contributed by atoms with E-state index >= 15 is 0 Å². The molecule has 0 spiro atoms. The van der Waals surface area contributed by atoms with Gasteiger partial charge in [-0.15, -0.1) is 0 Å². The number of sulfonamides is 1. The predicted octanol–water partition coefficient (Wildman–Crippen LogP) is 1.78. The lowest BCUT2D eigenvalue weighted by Gasteiger charge is -2.36. The minimum Gasteiger partial charge on any atom is -0.316 e. The highest BCUT2D eigenvalue weighted by Crippen LogP contribution is 2.23. The quantitative estimate of drug-likeness (QED) is 0.871. The van der Waals surface area contributed by atoms with Crippen LogP contribution in [-0.2, 0) is 10.0 Å². The summed E-state index contributed by atoms with van der Waals surface area (Å²) in [6.07, 6.45) is 2.45. The van der Waals surface area contributed by atoms with E-state index in [0.29, 0.717) is 19.0 Å². The van der Waals surface area contributed by atoms with Crippen molar-refractivity contribution in [2.75, 3.05) is 45.8 Å². The van der Waals surface area contributed by atoms with Crippen LogP contribution in [-0.4, -0.2) is 63.4 Å². The van der Waals surface area contributed by atoms with E-state index in [1.54, 1.807) is 0 Å². The maximum Gasteiger partial charge on any atom is 0.243 e. The fourth-order valence-corrected chi connectivity index (χ4v) is 5.08. The molecule has 5 nitrogen and oxygen atoms in total. The van der Waals surface area contributed by atoms with Crippen molar-refractivity contribution in [2.24, 2.45) is 5.92 Å². The Hall–Kier alpha value is -0.730. The second-order valence-corrected chi connectivity index (χ2v) is 8.84. The molecule has 1 N–H and O–H groups in total. The van der Waals surface area contributed by atoms with Crippen LogP contribution in [0.5, 0.6) is 0 Å². The zero-order chi connectivity index (χ0) is 17.2. The second kappa shape index (κ2) is 7.66. The van der Waals surface area contributed by atoms with Gasteiger partial charge in [-0.05, 0) is 50.0 Å². The van der Waals surface area contributed by atoms with Crippen LogP contribution in [0.15, 0.2) is 23.1 Å². The first kappa shape index (κ1) is 18.1. The van der Waals surface area contributed by atoms with Gasteiger partial charge < -0.3 is 10.2 Å². The molecular weight excluding hydrogens is 353 g/mol. The molecule has 1 unspecified atom stereocenters. The number of rotatable bonds is 4. The molecule has 2 aliphatic rings. The normalized spacial score (nSPS) is 24.2. The lowest BCUT2D eigenvalue weighted by molar-refractivity contribution is 0.154. The summed E-state index contributed by atoms with van der Waals surface area (Å²) in [7, 11) is -3.61. The van der Waals surface area contributed by atoms with E-state index in [9.17, 15) is 12.8 Å². The summed E-state index contributed by atoms with van der Waals surface area (Å²) in [6.45, 7) is 5.53. The third kappa shape index (κ3) is 4.08. The molecule has 1 aromatic rings. The number of hydrogen-bond donors (Lipinski definition) is 1. The van der Waals surface area contributed by atoms with Gasteiger partial charge in [0.1, 0.15) is 5.82 Å². The number of piperidine rings is 1. The van der Waals surface area contributed by atoms with Crippen molar-refractivity contribution in [2.45, 2.75) is 17.7 Å². The van der Waals surface area contributed by atoms with Crippen molar-refractivity contribution in [1.29, 1.82) is 0 Å². The first-order valence-electron chi connectivity index (χ1n) is 8.35. The van der Waals surface area contributed by atoms with Crippen LogP contribution in [0.2, 0.25) is 5.02 Å². The molecule has 2 aliphatic heterocycles. The molecule has 0 bridgehead atoms. The Kier molecular flexibility index (Phi) is 5.77. The standard InChI is InChI=1S/C16H23ClFN3O2S/c17-15-10-14(3-4-16(15)18)24(22,23)21-8-6-20(7-9-21)12-13-2-1-5-19-11-13/h3-4,10,13,19H,1-2,5-9,11-12H2. The second-order valence-electron chi connectivity index (χ2n) is 6.49. The van der Waals surface area contributed by atoms with Crippen molar-refractivity contribution < 1.29 is 12.8 Å². The summed E-state index contributed by atoms with van der Waals surface area (Å²) in [6, 6.07) is 3.56. The highest BCUT2D eigenvalue weighted by molar-refractivity contribution is 7.89. The molecule has 134 valence electrons. The van der Waals surface area contributed by atoms with Gasteiger partial charge in [-0.3, -0.25) is 0 Å². The molecule has 0 amide bonds. The molecule has 3 rings (SSSR count). The molecule has 2 fully saturated rings. The van der Waals surface area contributed by atoms with E-state index in [1.807, 2.05) is 0 Å². The summed E-state index contributed by atoms with van der Waals surface area (Å²) in [4.78, 5) is 2.39. The van der Waals surface area contributed by atoms with Gasteiger partial charge in [0.25, 0.3) is 0 Å². The van der Waals surface area contributed by atoms with Crippen molar-refractivity contribution in [3.63, 3.8) is 0 Å². The molecule has 1 atom stereocenters. The zero-order valence-electron chi connectivity index (χ0n) is 13.5. The molecular formula is C16H23ClFN3O2S. The van der Waals surface area contributed by atoms with E-state index < -0.39 is 15.8 Å². The largest absolute Gasteiger partial charge is 0.316 e. The van der Waals surface area contributed by atoms with Gasteiger partial charge in [0, 0.05) is 32.7 Å². The lowest BCUT2D eigenvalue weighted by atomic mass is 9.99. The Morgan fingerprint density at radius 2 is 2.00 bits per heavy atom. The smallest absolute Gasteiger partial charge is 0.243 e. The van der Waals surface area contributed by atoms with Crippen LogP contribution in [0.4, 0.5) is 4.39 Å². The molecule has 0 aromatic heterocycles. The monoisotopic (exact) mass is 375 g/mol. The zero-order valence-corrected chi connectivity index (χ0v) is 15.1. The Morgan fingerprint density at radius 1 is 1.25 bits per heavy atom. The third-order valence-electron chi connectivity index (χ3n) is 4.78. The lowest BCUT2D eigenvalue weighted by Crippen LogP contribution is -2.50. The summed E-state index contributed by atoms with van der Waals surface area (Å²) >= 11 is 5.72. The van der Waals surface area contributed by atoms with Gasteiger partial charge in [-0.25, -0.2) is 12.8 Å². The Morgan fingerprint density at radius 3 is 2.62 bits per heavy atom. The SMILES string of the molecule is O=S(=O)(c1ccc(F)c(Cl)c1)N1CCN(CC2CCCNC2)CC1. The van der Waals surface area contributed by atoms with Crippen LogP contribution in [0.3, 0.4) is 0 Å². The number of nitrogens with zero attached hydrogens (tertiary/aromatic N) is 2. The maximum atomic E-state index is 13.3. The average Bonchev–Trinajstić information content (AvgIpc) is 2.58. The topological polar surface area (TPSA) is 52.7 Å². The summed E-state index contributed by atoms with van der Waals surface area (Å²) < 4.78 is 40.0. The Bertz CT molecular complexity index is 672. The summed E-state index contributed by atoms with van der Waals surface area (Å²) in [5.74, 6) is 0.0411. The number of hydrogen-bond acceptors (Lipinski definition) is 4.